The van der Waals surface area contributed by atoms with Gasteiger partial charge in [-0.25, -0.2) is 4.98 Å². The van der Waals surface area contributed by atoms with Gasteiger partial charge in [-0.2, -0.15) is 0 Å². The summed E-state index contributed by atoms with van der Waals surface area (Å²) in [6.45, 7) is 4.33. The molecule has 0 fully saturated rings. The number of carbonyl (C=O) groups excluding carboxylic acids is 1. The molecule has 152 valence electrons. The molecule has 1 heterocycles. The van der Waals surface area contributed by atoms with Crippen molar-refractivity contribution in [3.8, 4) is 16.9 Å². The quantitative estimate of drug-likeness (QED) is 0.374. The van der Waals surface area contributed by atoms with Crippen molar-refractivity contribution in [2.45, 2.75) is 26.2 Å². The minimum atomic E-state index is -0.223. The van der Waals surface area contributed by atoms with Gasteiger partial charge < -0.3 is 4.74 Å². The van der Waals surface area contributed by atoms with Crippen molar-refractivity contribution in [2.24, 2.45) is 0 Å². The summed E-state index contributed by atoms with van der Waals surface area (Å²) in [4.78, 5) is 17.0. The van der Waals surface area contributed by atoms with Crippen LogP contribution in [0.3, 0.4) is 0 Å². The molecule has 1 N–H and O–H groups in total. The molecular formula is C25H24N2O2S. The molecular weight excluding hydrogens is 392 g/mol. The molecule has 1 amide bonds. The first-order valence-corrected chi connectivity index (χ1v) is 10.9. The molecule has 1 unspecified atom stereocenters. The van der Waals surface area contributed by atoms with Crippen LogP contribution >= 0.6 is 11.3 Å². The van der Waals surface area contributed by atoms with Gasteiger partial charge in [0, 0.05) is 5.56 Å². The summed E-state index contributed by atoms with van der Waals surface area (Å²) >= 11 is 1.49. The maximum Gasteiger partial charge on any atom is 0.264 e. The Morgan fingerprint density at radius 1 is 1.07 bits per heavy atom. The van der Waals surface area contributed by atoms with E-state index in [0.717, 1.165) is 27.8 Å². The Bertz CT molecular complexity index is 1150. The number of nitrogens with one attached hydrogen (secondary N) is 1. The number of nitrogens with zero attached hydrogens (tertiary/aromatic N) is 1. The van der Waals surface area contributed by atoms with E-state index in [2.05, 4.69) is 36.3 Å². The standard InChI is InChI=1S/C25H24N2O2S/c1-3-17(2)19-13-14-21-23(15-19)30-25(26-21)27-24(28)16-29-22-12-8-7-11-20(22)18-9-5-4-6-10-18/h4-15,17H,3,16H2,1-2H3,(H,26,27,28). The van der Waals surface area contributed by atoms with Gasteiger partial charge in [-0.15, -0.1) is 0 Å². The maximum absolute atomic E-state index is 12.5. The lowest BCUT2D eigenvalue weighted by atomic mass is 9.99. The van der Waals surface area contributed by atoms with Gasteiger partial charge in [-0.1, -0.05) is 79.8 Å². The molecule has 0 aliphatic carbocycles. The van der Waals surface area contributed by atoms with E-state index in [1.54, 1.807) is 0 Å². The monoisotopic (exact) mass is 416 g/mol. The van der Waals surface area contributed by atoms with Gasteiger partial charge in [0.05, 0.1) is 10.2 Å². The zero-order valence-corrected chi connectivity index (χ0v) is 17.9. The van der Waals surface area contributed by atoms with E-state index in [-0.39, 0.29) is 12.5 Å². The average Bonchev–Trinajstić information content (AvgIpc) is 3.19. The third-order valence-electron chi connectivity index (χ3n) is 5.17. The molecule has 30 heavy (non-hydrogen) atoms. The Kier molecular flexibility index (Phi) is 6.10. The van der Waals surface area contributed by atoms with Crippen molar-refractivity contribution in [3.05, 3.63) is 78.4 Å². The Morgan fingerprint density at radius 3 is 2.63 bits per heavy atom. The molecule has 5 heteroatoms. The molecule has 3 aromatic carbocycles. The molecule has 0 aliphatic rings. The summed E-state index contributed by atoms with van der Waals surface area (Å²) in [6, 6.07) is 24.0. The number of thiazole rings is 1. The highest BCUT2D eigenvalue weighted by Gasteiger charge is 2.12. The molecule has 1 aromatic heterocycles. The Morgan fingerprint density at radius 2 is 1.83 bits per heavy atom. The number of rotatable bonds is 7. The third-order valence-corrected chi connectivity index (χ3v) is 6.10. The Balaban J connectivity index is 1.43. The predicted octanol–water partition coefficient (Wildman–Crippen LogP) is 6.49. The van der Waals surface area contributed by atoms with Crippen LogP contribution in [0.5, 0.6) is 5.75 Å². The number of carbonyl (C=O) groups is 1. The van der Waals surface area contributed by atoms with Crippen LogP contribution in [0, 0.1) is 0 Å². The van der Waals surface area contributed by atoms with Crippen LogP contribution < -0.4 is 10.1 Å². The average molecular weight is 417 g/mol. The van der Waals surface area contributed by atoms with Gasteiger partial charge >= 0.3 is 0 Å². The van der Waals surface area contributed by atoms with Gasteiger partial charge in [0.2, 0.25) is 0 Å². The van der Waals surface area contributed by atoms with Crippen molar-refractivity contribution in [3.63, 3.8) is 0 Å². The molecule has 1 atom stereocenters. The van der Waals surface area contributed by atoms with E-state index in [9.17, 15) is 4.79 Å². The summed E-state index contributed by atoms with van der Waals surface area (Å²) in [5.41, 5.74) is 4.21. The number of benzene rings is 3. The lowest BCUT2D eigenvalue weighted by Gasteiger charge is -2.11. The van der Waals surface area contributed by atoms with Crippen LogP contribution in [0.1, 0.15) is 31.7 Å². The van der Waals surface area contributed by atoms with Crippen molar-refractivity contribution in [2.75, 3.05) is 11.9 Å². The van der Waals surface area contributed by atoms with E-state index in [0.29, 0.717) is 16.8 Å². The van der Waals surface area contributed by atoms with Gasteiger partial charge in [-0.3, -0.25) is 10.1 Å². The fraction of sp³-hybridized carbons (Fsp3) is 0.200. The van der Waals surface area contributed by atoms with Crippen molar-refractivity contribution >= 4 is 32.6 Å². The zero-order chi connectivity index (χ0) is 20.9. The van der Waals surface area contributed by atoms with Crippen molar-refractivity contribution in [1.29, 1.82) is 0 Å². The summed E-state index contributed by atoms with van der Waals surface area (Å²) in [5.74, 6) is 0.966. The summed E-state index contributed by atoms with van der Waals surface area (Å²) < 4.78 is 6.91. The molecule has 4 rings (SSSR count). The predicted molar refractivity (Wildman–Crippen MR) is 124 cm³/mol. The second kappa shape index (κ2) is 9.09. The van der Waals surface area contributed by atoms with Gasteiger partial charge in [0.25, 0.3) is 5.91 Å². The third kappa shape index (κ3) is 4.52. The van der Waals surface area contributed by atoms with E-state index < -0.39 is 0 Å². The largest absolute Gasteiger partial charge is 0.483 e. The van der Waals surface area contributed by atoms with E-state index in [4.69, 9.17) is 4.74 Å². The Hall–Kier alpha value is -3.18. The molecule has 0 bridgehead atoms. The SMILES string of the molecule is CCC(C)c1ccc2nc(NC(=O)COc3ccccc3-c3ccccc3)sc2c1. The van der Waals surface area contributed by atoms with Gasteiger partial charge in [-0.05, 0) is 41.7 Å². The first-order chi connectivity index (χ1) is 14.6. The normalized spacial score (nSPS) is 11.9. The smallest absolute Gasteiger partial charge is 0.264 e. The number of aromatic nitrogens is 1. The number of hydrogen-bond donors (Lipinski definition) is 1. The molecule has 0 radical (unpaired) electrons. The van der Waals surface area contributed by atoms with Crippen LogP contribution in [-0.2, 0) is 4.79 Å². The molecule has 0 aliphatic heterocycles. The Labute approximate surface area is 180 Å². The molecule has 0 saturated heterocycles. The maximum atomic E-state index is 12.5. The number of anilines is 1. The van der Waals surface area contributed by atoms with Crippen molar-refractivity contribution in [1.82, 2.24) is 4.98 Å². The fourth-order valence-corrected chi connectivity index (χ4v) is 4.21. The molecule has 4 nitrogen and oxygen atoms in total. The fourth-order valence-electron chi connectivity index (χ4n) is 3.28. The topological polar surface area (TPSA) is 51.2 Å². The minimum absolute atomic E-state index is 0.0715. The molecule has 4 aromatic rings. The highest BCUT2D eigenvalue weighted by molar-refractivity contribution is 7.22. The van der Waals surface area contributed by atoms with Crippen LogP contribution in [0.15, 0.2) is 72.8 Å². The van der Waals surface area contributed by atoms with Crippen LogP contribution in [0.4, 0.5) is 5.13 Å². The first-order valence-electron chi connectivity index (χ1n) is 10.1. The number of fused-ring (bicyclic) bond motifs is 1. The number of para-hydroxylation sites is 1. The number of amides is 1. The van der Waals surface area contributed by atoms with Crippen molar-refractivity contribution < 1.29 is 9.53 Å². The van der Waals surface area contributed by atoms with Crippen LogP contribution in [0.25, 0.3) is 21.3 Å². The first kappa shape index (κ1) is 20.1. The highest BCUT2D eigenvalue weighted by Crippen LogP contribution is 2.31. The van der Waals surface area contributed by atoms with E-state index in [1.165, 1.54) is 16.9 Å². The summed E-state index contributed by atoms with van der Waals surface area (Å²) in [5, 5.41) is 3.46. The molecule has 0 saturated carbocycles. The second-order valence-corrected chi connectivity index (χ2v) is 8.29. The molecule has 0 spiro atoms. The second-order valence-electron chi connectivity index (χ2n) is 7.25. The lowest BCUT2D eigenvalue weighted by molar-refractivity contribution is -0.118. The van der Waals surface area contributed by atoms with E-state index in [1.807, 2.05) is 60.7 Å². The highest BCUT2D eigenvalue weighted by atomic mass is 32.1. The number of hydrogen-bond acceptors (Lipinski definition) is 4. The zero-order valence-electron chi connectivity index (χ0n) is 17.1. The minimum Gasteiger partial charge on any atom is -0.483 e. The van der Waals surface area contributed by atoms with Gasteiger partial charge in [0.1, 0.15) is 5.75 Å². The number of ether oxygens (including phenoxy) is 1. The summed E-state index contributed by atoms with van der Waals surface area (Å²) in [6.07, 6.45) is 1.09. The summed E-state index contributed by atoms with van der Waals surface area (Å²) in [7, 11) is 0. The lowest BCUT2D eigenvalue weighted by Crippen LogP contribution is -2.20. The van der Waals surface area contributed by atoms with Crippen LogP contribution in [0.2, 0.25) is 0 Å². The van der Waals surface area contributed by atoms with Crippen LogP contribution in [-0.4, -0.2) is 17.5 Å². The van der Waals surface area contributed by atoms with E-state index >= 15 is 0 Å². The van der Waals surface area contributed by atoms with Gasteiger partial charge in [0.15, 0.2) is 11.7 Å².